The van der Waals surface area contributed by atoms with Gasteiger partial charge in [-0.2, -0.15) is 26.3 Å². The Bertz CT molecular complexity index is 980. The molecule has 1 aromatic carbocycles. The monoisotopic (exact) mass is 494 g/mol. The molecule has 0 aliphatic carbocycles. The molecular formula is C21H20F6N2O3S. The molecule has 12 heteroatoms. The third-order valence-electron chi connectivity index (χ3n) is 5.80. The Kier molecular flexibility index (Phi) is 6.81. The number of carbonyl (C=O) groups excluding carboxylic acids is 1. The highest BCUT2D eigenvalue weighted by Crippen LogP contribution is 2.42. The molecule has 0 radical (unpaired) electrons. The van der Waals surface area contributed by atoms with Crippen molar-refractivity contribution in [1.82, 2.24) is 4.90 Å². The molecule has 0 unspecified atom stereocenters. The summed E-state index contributed by atoms with van der Waals surface area (Å²) in [6.45, 7) is -0.332. The van der Waals surface area contributed by atoms with Crippen molar-refractivity contribution < 1.29 is 41.0 Å². The van der Waals surface area contributed by atoms with Crippen molar-refractivity contribution in [3.8, 4) is 0 Å². The number of benzene rings is 1. The summed E-state index contributed by atoms with van der Waals surface area (Å²) in [6.07, 6.45) is -10.6. The molecule has 1 aromatic heterocycles. The van der Waals surface area contributed by atoms with Crippen molar-refractivity contribution in [1.29, 1.82) is 0 Å². The van der Waals surface area contributed by atoms with Crippen molar-refractivity contribution in [2.24, 2.45) is 5.73 Å². The highest BCUT2D eigenvalue weighted by molar-refractivity contribution is 7.09. The van der Waals surface area contributed by atoms with Crippen LogP contribution in [0.2, 0.25) is 0 Å². The van der Waals surface area contributed by atoms with E-state index in [1.54, 1.807) is 12.1 Å². The van der Waals surface area contributed by atoms with Crippen LogP contribution in [0.5, 0.6) is 0 Å². The molecule has 33 heavy (non-hydrogen) atoms. The van der Waals surface area contributed by atoms with Crippen LogP contribution in [0.1, 0.15) is 34.4 Å². The van der Waals surface area contributed by atoms with Gasteiger partial charge in [0.15, 0.2) is 0 Å². The first-order chi connectivity index (χ1) is 15.2. The number of nitrogens with two attached hydrogens (primary N) is 1. The Morgan fingerprint density at radius 3 is 2.03 bits per heavy atom. The van der Waals surface area contributed by atoms with Gasteiger partial charge in [-0.1, -0.05) is 6.07 Å². The van der Waals surface area contributed by atoms with E-state index in [1.807, 2.05) is 5.38 Å². The van der Waals surface area contributed by atoms with Gasteiger partial charge in [0, 0.05) is 24.4 Å². The standard InChI is InChI=1S/C21H20F6N2O3S/c22-20(23,24)13-8-12(9-14(10-13)21(25,26)27)19(18(31)32)3-5-29(6-4-19)17(30)16(28)11-15-2-1-7-33-15/h1-2,7-10,16H,3-6,11,28H2,(H,31,32)/t16-/m0/s1. The third kappa shape index (κ3) is 5.32. The van der Waals surface area contributed by atoms with Crippen LogP contribution in [-0.2, 0) is 33.8 Å². The molecule has 1 aliphatic rings. The summed E-state index contributed by atoms with van der Waals surface area (Å²) in [7, 11) is 0. The van der Waals surface area contributed by atoms with Gasteiger partial charge in [0.2, 0.25) is 5.91 Å². The second-order valence-corrected chi connectivity index (χ2v) is 8.93. The van der Waals surface area contributed by atoms with Crippen molar-refractivity contribution in [3.63, 3.8) is 0 Å². The summed E-state index contributed by atoms with van der Waals surface area (Å²) in [5, 5.41) is 11.7. The summed E-state index contributed by atoms with van der Waals surface area (Å²) in [6, 6.07) is 3.55. The average Bonchev–Trinajstić information content (AvgIpc) is 3.24. The van der Waals surface area contributed by atoms with E-state index in [2.05, 4.69) is 0 Å². The van der Waals surface area contributed by atoms with Crippen LogP contribution in [-0.4, -0.2) is 41.0 Å². The topological polar surface area (TPSA) is 83.6 Å². The maximum Gasteiger partial charge on any atom is 0.416 e. The Labute approximate surface area is 188 Å². The molecule has 0 bridgehead atoms. The number of hydrogen-bond donors (Lipinski definition) is 2. The first-order valence-electron chi connectivity index (χ1n) is 9.84. The Balaban J connectivity index is 1.88. The minimum atomic E-state index is -5.10. The molecule has 5 nitrogen and oxygen atoms in total. The van der Waals surface area contributed by atoms with Gasteiger partial charge in [-0.05, 0) is 48.1 Å². The first kappa shape index (κ1) is 25.0. The number of carboxylic acids is 1. The predicted octanol–water partition coefficient (Wildman–Crippen LogP) is 4.30. The fourth-order valence-corrected chi connectivity index (χ4v) is 4.70. The number of thiophene rings is 1. The smallest absolute Gasteiger partial charge is 0.416 e. The van der Waals surface area contributed by atoms with Crippen LogP contribution in [0.4, 0.5) is 26.3 Å². The van der Waals surface area contributed by atoms with E-state index in [-0.39, 0.29) is 38.4 Å². The maximum atomic E-state index is 13.3. The molecule has 1 amide bonds. The third-order valence-corrected chi connectivity index (χ3v) is 6.70. The summed E-state index contributed by atoms with van der Waals surface area (Å²) in [4.78, 5) is 27.0. The number of carbonyl (C=O) groups is 2. The number of piperidine rings is 1. The summed E-state index contributed by atoms with van der Waals surface area (Å²) < 4.78 is 79.6. The van der Waals surface area contributed by atoms with Gasteiger partial charge >= 0.3 is 18.3 Å². The molecule has 2 aromatic rings. The van der Waals surface area contributed by atoms with E-state index in [9.17, 15) is 41.0 Å². The maximum absolute atomic E-state index is 13.3. The molecule has 3 rings (SSSR count). The number of likely N-dealkylation sites (tertiary alicyclic amines) is 1. The minimum Gasteiger partial charge on any atom is -0.481 e. The van der Waals surface area contributed by atoms with Gasteiger partial charge in [-0.3, -0.25) is 9.59 Å². The Hall–Kier alpha value is -2.60. The molecule has 3 N–H and O–H groups in total. The largest absolute Gasteiger partial charge is 0.481 e. The van der Waals surface area contributed by atoms with Gasteiger partial charge < -0.3 is 15.7 Å². The number of halogens is 6. The molecule has 1 aliphatic heterocycles. The van der Waals surface area contributed by atoms with E-state index in [0.29, 0.717) is 12.1 Å². The minimum absolute atomic E-state index is 0.0404. The van der Waals surface area contributed by atoms with Crippen LogP contribution < -0.4 is 5.73 Å². The predicted molar refractivity (Wildman–Crippen MR) is 108 cm³/mol. The lowest BCUT2D eigenvalue weighted by Crippen LogP contribution is -2.53. The molecule has 1 saturated heterocycles. The van der Waals surface area contributed by atoms with Crippen molar-refractivity contribution in [3.05, 3.63) is 57.3 Å². The average molecular weight is 494 g/mol. The van der Waals surface area contributed by atoms with Crippen LogP contribution in [0.15, 0.2) is 35.7 Å². The Morgan fingerprint density at radius 2 is 1.61 bits per heavy atom. The highest BCUT2D eigenvalue weighted by atomic mass is 32.1. The zero-order valence-corrected chi connectivity index (χ0v) is 17.9. The lowest BCUT2D eigenvalue weighted by molar-refractivity contribution is -0.149. The van der Waals surface area contributed by atoms with Crippen LogP contribution in [0, 0.1) is 0 Å². The molecule has 0 spiro atoms. The SMILES string of the molecule is N[C@@H](Cc1cccs1)C(=O)N1CCC(C(=O)O)(c2cc(C(F)(F)F)cc(C(F)(F)F)c2)CC1. The van der Waals surface area contributed by atoms with Gasteiger partial charge in [-0.15, -0.1) is 11.3 Å². The zero-order chi connectivity index (χ0) is 24.6. The lowest BCUT2D eigenvalue weighted by atomic mass is 9.72. The van der Waals surface area contributed by atoms with Crippen molar-refractivity contribution >= 4 is 23.2 Å². The zero-order valence-electron chi connectivity index (χ0n) is 17.0. The lowest BCUT2D eigenvalue weighted by Gasteiger charge is -2.40. The number of nitrogens with zero attached hydrogens (tertiary/aromatic N) is 1. The molecule has 2 heterocycles. The van der Waals surface area contributed by atoms with Crippen LogP contribution in [0.3, 0.4) is 0 Å². The number of alkyl halides is 6. The second-order valence-electron chi connectivity index (χ2n) is 7.90. The number of aliphatic carboxylic acids is 1. The van der Waals surface area contributed by atoms with Gasteiger partial charge in [0.05, 0.1) is 22.6 Å². The molecular weight excluding hydrogens is 474 g/mol. The van der Waals surface area contributed by atoms with Gasteiger partial charge in [0.25, 0.3) is 0 Å². The summed E-state index contributed by atoms with van der Waals surface area (Å²) in [5.74, 6) is -2.01. The summed E-state index contributed by atoms with van der Waals surface area (Å²) >= 11 is 1.41. The number of rotatable bonds is 5. The van der Waals surface area contributed by atoms with E-state index in [1.165, 1.54) is 16.2 Å². The quantitative estimate of drug-likeness (QED) is 0.608. The summed E-state index contributed by atoms with van der Waals surface area (Å²) in [5.41, 5.74) is 0.209. The van der Waals surface area contributed by atoms with E-state index < -0.39 is 52.4 Å². The Morgan fingerprint density at radius 1 is 1.06 bits per heavy atom. The van der Waals surface area contributed by atoms with Crippen LogP contribution >= 0.6 is 11.3 Å². The molecule has 1 fully saturated rings. The van der Waals surface area contributed by atoms with Crippen LogP contribution in [0.25, 0.3) is 0 Å². The van der Waals surface area contributed by atoms with Crippen molar-refractivity contribution in [2.75, 3.05) is 13.1 Å². The number of hydrogen-bond acceptors (Lipinski definition) is 4. The first-order valence-corrected chi connectivity index (χ1v) is 10.7. The fraction of sp³-hybridized carbons (Fsp3) is 0.429. The van der Waals surface area contributed by atoms with Crippen molar-refractivity contribution in [2.45, 2.75) is 43.1 Å². The van der Waals surface area contributed by atoms with E-state index >= 15 is 0 Å². The highest BCUT2D eigenvalue weighted by Gasteiger charge is 2.47. The molecule has 0 saturated carbocycles. The number of amides is 1. The van der Waals surface area contributed by atoms with Gasteiger partial charge in [0.1, 0.15) is 0 Å². The van der Waals surface area contributed by atoms with Gasteiger partial charge in [-0.25, -0.2) is 0 Å². The normalized spacial score (nSPS) is 17.6. The fourth-order valence-electron chi connectivity index (χ4n) is 3.93. The molecule has 1 atom stereocenters. The van der Waals surface area contributed by atoms with E-state index in [4.69, 9.17) is 5.73 Å². The second kappa shape index (κ2) is 8.98. The van der Waals surface area contributed by atoms with E-state index in [0.717, 1.165) is 4.88 Å². The molecule has 180 valence electrons. The number of carboxylic acid groups (broad SMARTS) is 1.